The summed E-state index contributed by atoms with van der Waals surface area (Å²) in [5, 5.41) is 15.8. The Morgan fingerprint density at radius 2 is 2.09 bits per heavy atom. The van der Waals surface area contributed by atoms with E-state index in [0.717, 1.165) is 24.1 Å². The summed E-state index contributed by atoms with van der Waals surface area (Å²) in [6.45, 7) is 0. The van der Waals surface area contributed by atoms with Crippen molar-refractivity contribution in [3.8, 4) is 0 Å². The molecule has 8 heteroatoms. The Morgan fingerprint density at radius 1 is 1.23 bits per heavy atom. The second-order valence-electron chi connectivity index (χ2n) is 5.32. The van der Waals surface area contributed by atoms with E-state index in [0.29, 0.717) is 28.0 Å². The summed E-state index contributed by atoms with van der Waals surface area (Å²) in [6, 6.07) is 4.96. The Kier molecular flexibility index (Phi) is 3.16. The van der Waals surface area contributed by atoms with Crippen molar-refractivity contribution in [2.45, 2.75) is 25.3 Å². The van der Waals surface area contributed by atoms with Gasteiger partial charge in [-0.05, 0) is 41.0 Å². The number of aromatic nitrogens is 4. The zero-order valence-electron chi connectivity index (χ0n) is 11.4. The number of hydrogen-bond acceptors (Lipinski definition) is 5. The molecule has 0 saturated carbocycles. The summed E-state index contributed by atoms with van der Waals surface area (Å²) in [6.07, 6.45) is 2.18. The lowest BCUT2D eigenvalue weighted by Gasteiger charge is -2.31. The van der Waals surface area contributed by atoms with Crippen LogP contribution in [0, 0.1) is 0 Å². The number of halogens is 2. The number of allylic oxidation sites excluding steroid dienone is 2. The number of carbonyl (C=O) groups is 1. The third-order valence-corrected chi connectivity index (χ3v) is 4.73. The third-order valence-electron chi connectivity index (χ3n) is 3.99. The lowest BCUT2D eigenvalue weighted by molar-refractivity contribution is -0.116. The van der Waals surface area contributed by atoms with E-state index < -0.39 is 0 Å². The Balaban J connectivity index is 1.92. The van der Waals surface area contributed by atoms with Gasteiger partial charge in [0.2, 0.25) is 5.95 Å². The van der Waals surface area contributed by atoms with Crippen molar-refractivity contribution in [2.75, 3.05) is 5.32 Å². The molecule has 0 amide bonds. The summed E-state index contributed by atoms with van der Waals surface area (Å²) in [5.74, 6) is 0.649. The Morgan fingerprint density at radius 3 is 2.91 bits per heavy atom. The third kappa shape index (κ3) is 2.02. The molecule has 0 bridgehead atoms. The van der Waals surface area contributed by atoms with Crippen molar-refractivity contribution in [1.29, 1.82) is 0 Å². The summed E-state index contributed by atoms with van der Waals surface area (Å²) < 4.78 is 1.61. The molecule has 2 aliphatic rings. The minimum Gasteiger partial charge on any atom is -0.326 e. The maximum atomic E-state index is 12.5. The number of Topliss-reactive ketones (excluding diaryl/α,β-unsaturated/α-hetero) is 1. The molecule has 4 rings (SSSR count). The first kappa shape index (κ1) is 13.7. The summed E-state index contributed by atoms with van der Waals surface area (Å²) in [7, 11) is 0. The maximum Gasteiger partial charge on any atom is 0.248 e. The van der Waals surface area contributed by atoms with Gasteiger partial charge in [0.05, 0.1) is 10.0 Å². The zero-order valence-corrected chi connectivity index (χ0v) is 12.9. The lowest BCUT2D eigenvalue weighted by Crippen LogP contribution is -2.31. The quantitative estimate of drug-likeness (QED) is 0.867. The standard InChI is InChI=1S/C14H11Cl2N5O/c15-8-5-4-7(6-9(8)16)13-12-10(2-1-3-11(12)22)17-14-18-19-20-21(13)14/h4-6,13H,1-3H2,(H,17,18,20)/t13-/m1/s1. The van der Waals surface area contributed by atoms with E-state index in [1.165, 1.54) is 0 Å². The molecule has 0 spiro atoms. The number of nitrogens with one attached hydrogen (secondary N) is 1. The molecule has 1 aromatic heterocycles. The number of carbonyl (C=O) groups excluding carboxylic acids is 1. The molecule has 1 aliphatic heterocycles. The van der Waals surface area contributed by atoms with Gasteiger partial charge in [-0.1, -0.05) is 34.4 Å². The highest BCUT2D eigenvalue weighted by atomic mass is 35.5. The van der Waals surface area contributed by atoms with Crippen molar-refractivity contribution in [3.05, 3.63) is 45.1 Å². The highest BCUT2D eigenvalue weighted by molar-refractivity contribution is 6.42. The first-order valence-corrected chi connectivity index (χ1v) is 7.67. The molecule has 1 aromatic carbocycles. The van der Waals surface area contributed by atoms with Crippen molar-refractivity contribution in [2.24, 2.45) is 0 Å². The molecule has 22 heavy (non-hydrogen) atoms. The van der Waals surface area contributed by atoms with Crippen molar-refractivity contribution < 1.29 is 4.79 Å². The molecule has 112 valence electrons. The predicted molar refractivity (Wildman–Crippen MR) is 81.9 cm³/mol. The summed E-state index contributed by atoms with van der Waals surface area (Å²) in [4.78, 5) is 12.5. The Labute approximate surface area is 136 Å². The van der Waals surface area contributed by atoms with E-state index in [2.05, 4.69) is 20.8 Å². The number of fused-ring (bicyclic) bond motifs is 1. The molecular formula is C14H11Cl2N5O. The molecule has 1 aliphatic carbocycles. The molecule has 1 atom stereocenters. The predicted octanol–water partition coefficient (Wildman–Crippen LogP) is 3.00. The van der Waals surface area contributed by atoms with Gasteiger partial charge in [-0.25, -0.2) is 0 Å². The molecule has 1 N–H and O–H groups in total. The van der Waals surface area contributed by atoms with Crippen molar-refractivity contribution >= 4 is 34.9 Å². The van der Waals surface area contributed by atoms with Crippen LogP contribution in [0.3, 0.4) is 0 Å². The van der Waals surface area contributed by atoms with Crippen LogP contribution in [0.1, 0.15) is 30.9 Å². The number of rotatable bonds is 1. The van der Waals surface area contributed by atoms with Gasteiger partial charge in [-0.3, -0.25) is 4.79 Å². The van der Waals surface area contributed by atoms with Crippen LogP contribution in [-0.2, 0) is 4.79 Å². The summed E-state index contributed by atoms with van der Waals surface area (Å²) >= 11 is 12.1. The minimum atomic E-state index is -0.371. The van der Waals surface area contributed by atoms with Crippen LogP contribution in [0.25, 0.3) is 0 Å². The smallest absolute Gasteiger partial charge is 0.248 e. The molecule has 0 radical (unpaired) electrons. The van der Waals surface area contributed by atoms with E-state index >= 15 is 0 Å². The van der Waals surface area contributed by atoms with Crippen LogP contribution in [0.5, 0.6) is 0 Å². The van der Waals surface area contributed by atoms with Gasteiger partial charge in [0.25, 0.3) is 0 Å². The van der Waals surface area contributed by atoms with Gasteiger partial charge in [0.1, 0.15) is 6.04 Å². The second kappa shape index (κ2) is 5.07. The SMILES string of the molecule is O=C1CCCC2=C1[C@@H](c1ccc(Cl)c(Cl)c1)n1nnnc1N2. The van der Waals surface area contributed by atoms with Crippen LogP contribution >= 0.6 is 23.2 Å². The molecule has 2 aromatic rings. The fourth-order valence-corrected chi connectivity index (χ4v) is 3.31. The van der Waals surface area contributed by atoms with Crippen LogP contribution in [0.2, 0.25) is 10.0 Å². The number of nitrogens with zero attached hydrogens (tertiary/aromatic N) is 4. The van der Waals surface area contributed by atoms with E-state index in [1.807, 2.05) is 6.07 Å². The first-order chi connectivity index (χ1) is 10.6. The zero-order chi connectivity index (χ0) is 15.3. The van der Waals surface area contributed by atoms with Crippen molar-refractivity contribution in [3.63, 3.8) is 0 Å². The largest absolute Gasteiger partial charge is 0.326 e. The number of hydrogen-bond donors (Lipinski definition) is 1. The topological polar surface area (TPSA) is 72.7 Å². The second-order valence-corrected chi connectivity index (χ2v) is 6.13. The Bertz CT molecular complexity index is 813. The van der Waals surface area contributed by atoms with E-state index in [4.69, 9.17) is 23.2 Å². The Hall–Kier alpha value is -1.92. The van der Waals surface area contributed by atoms with Crippen LogP contribution in [-0.4, -0.2) is 26.0 Å². The average Bonchev–Trinajstić information content (AvgIpc) is 2.96. The van der Waals surface area contributed by atoms with Gasteiger partial charge in [-0.2, -0.15) is 4.68 Å². The van der Waals surface area contributed by atoms with Crippen LogP contribution in [0.4, 0.5) is 5.95 Å². The van der Waals surface area contributed by atoms with Gasteiger partial charge >= 0.3 is 0 Å². The number of tetrazole rings is 1. The molecule has 2 heterocycles. The molecule has 0 fully saturated rings. The number of benzene rings is 1. The fourth-order valence-electron chi connectivity index (χ4n) is 3.01. The highest BCUT2D eigenvalue weighted by Crippen LogP contribution is 2.40. The highest BCUT2D eigenvalue weighted by Gasteiger charge is 2.36. The van der Waals surface area contributed by atoms with Crippen molar-refractivity contribution in [1.82, 2.24) is 20.2 Å². The average molecular weight is 336 g/mol. The van der Waals surface area contributed by atoms with Crippen LogP contribution in [0.15, 0.2) is 29.5 Å². The number of anilines is 1. The van der Waals surface area contributed by atoms with Gasteiger partial charge < -0.3 is 5.32 Å². The normalized spacial score (nSPS) is 20.5. The lowest BCUT2D eigenvalue weighted by atomic mass is 9.85. The van der Waals surface area contributed by atoms with Gasteiger partial charge in [0.15, 0.2) is 5.78 Å². The van der Waals surface area contributed by atoms with Gasteiger partial charge in [-0.15, -0.1) is 0 Å². The monoisotopic (exact) mass is 335 g/mol. The molecular weight excluding hydrogens is 325 g/mol. The van der Waals surface area contributed by atoms with Crippen LogP contribution < -0.4 is 5.32 Å². The number of ketones is 1. The maximum absolute atomic E-state index is 12.5. The van der Waals surface area contributed by atoms with E-state index in [9.17, 15) is 4.79 Å². The molecule has 6 nitrogen and oxygen atoms in total. The van der Waals surface area contributed by atoms with Gasteiger partial charge in [0, 0.05) is 17.7 Å². The van der Waals surface area contributed by atoms with E-state index in [-0.39, 0.29) is 11.8 Å². The molecule has 0 unspecified atom stereocenters. The minimum absolute atomic E-state index is 0.117. The molecule has 0 saturated heterocycles. The first-order valence-electron chi connectivity index (χ1n) is 6.91. The fraction of sp³-hybridized carbons (Fsp3) is 0.286. The van der Waals surface area contributed by atoms with E-state index in [1.54, 1.807) is 16.8 Å². The summed E-state index contributed by atoms with van der Waals surface area (Å²) in [5.41, 5.74) is 2.45.